The van der Waals surface area contributed by atoms with Crippen molar-refractivity contribution in [3.05, 3.63) is 53.6 Å². The first-order valence-electron chi connectivity index (χ1n) is 6.74. The van der Waals surface area contributed by atoms with Crippen molar-refractivity contribution in [2.75, 3.05) is 13.1 Å². The van der Waals surface area contributed by atoms with E-state index in [4.69, 9.17) is 5.73 Å². The second kappa shape index (κ2) is 7.27. The van der Waals surface area contributed by atoms with Crippen molar-refractivity contribution in [2.24, 2.45) is 5.73 Å². The lowest BCUT2D eigenvalue weighted by atomic mass is 10.0. The van der Waals surface area contributed by atoms with E-state index in [1.54, 1.807) is 12.5 Å². The van der Waals surface area contributed by atoms with Crippen molar-refractivity contribution in [2.45, 2.75) is 13.5 Å². The van der Waals surface area contributed by atoms with E-state index in [1.165, 1.54) is 0 Å². The van der Waals surface area contributed by atoms with E-state index in [2.05, 4.69) is 22.1 Å². The van der Waals surface area contributed by atoms with Gasteiger partial charge in [-0.2, -0.15) is 0 Å². The number of nitrogens with two attached hydrogens (primary N) is 1. The van der Waals surface area contributed by atoms with Crippen LogP contribution >= 0.6 is 0 Å². The predicted octanol–water partition coefficient (Wildman–Crippen LogP) is 0.932. The fraction of sp³-hybridized carbons (Fsp3) is 0.250. The van der Waals surface area contributed by atoms with Gasteiger partial charge in [-0.25, -0.2) is 4.98 Å². The molecule has 1 aromatic carbocycles. The van der Waals surface area contributed by atoms with E-state index < -0.39 is 0 Å². The van der Waals surface area contributed by atoms with Gasteiger partial charge in [-0.15, -0.1) is 0 Å². The minimum atomic E-state index is -0.125. The Labute approximate surface area is 124 Å². The Balaban J connectivity index is 2.05. The smallest absolute Gasteiger partial charge is 0.252 e. The van der Waals surface area contributed by atoms with E-state index in [-0.39, 0.29) is 12.5 Å². The molecule has 0 aliphatic carbocycles. The van der Waals surface area contributed by atoms with Gasteiger partial charge in [0, 0.05) is 31.0 Å². The molecule has 108 valence electrons. The molecular weight excluding hydrogens is 264 g/mol. The summed E-state index contributed by atoms with van der Waals surface area (Å²) in [5, 5.41) is 2.89. The van der Waals surface area contributed by atoms with Crippen LogP contribution < -0.4 is 11.1 Å². The molecule has 5 heteroatoms. The maximum atomic E-state index is 12.3. The predicted molar refractivity (Wildman–Crippen MR) is 81.7 cm³/mol. The molecule has 1 amide bonds. The molecule has 21 heavy (non-hydrogen) atoms. The lowest BCUT2D eigenvalue weighted by Gasteiger charge is -2.08. The molecule has 5 nitrogen and oxygen atoms in total. The largest absolute Gasteiger partial charge is 0.350 e. The average molecular weight is 282 g/mol. The molecule has 0 saturated carbocycles. The zero-order valence-electron chi connectivity index (χ0n) is 12.0. The molecule has 0 aliphatic heterocycles. The van der Waals surface area contributed by atoms with Gasteiger partial charge in [0.15, 0.2) is 0 Å². The summed E-state index contributed by atoms with van der Waals surface area (Å²) in [6.45, 7) is 3.44. The van der Waals surface area contributed by atoms with Crippen LogP contribution in [0.1, 0.15) is 21.5 Å². The van der Waals surface area contributed by atoms with Crippen LogP contribution in [0.3, 0.4) is 0 Å². The summed E-state index contributed by atoms with van der Waals surface area (Å²) in [5.41, 5.74) is 7.69. The third kappa shape index (κ3) is 4.20. The molecule has 2 rings (SSSR count). The van der Waals surface area contributed by atoms with Crippen molar-refractivity contribution in [3.63, 3.8) is 0 Å². The Morgan fingerprint density at radius 3 is 3.05 bits per heavy atom. The summed E-state index contributed by atoms with van der Waals surface area (Å²) in [7, 11) is 0. The van der Waals surface area contributed by atoms with Crippen LogP contribution in [0.5, 0.6) is 0 Å². The quantitative estimate of drug-likeness (QED) is 0.819. The molecule has 0 radical (unpaired) electrons. The van der Waals surface area contributed by atoms with Gasteiger partial charge in [0.1, 0.15) is 0 Å². The van der Waals surface area contributed by atoms with Crippen molar-refractivity contribution < 1.29 is 4.79 Å². The fourth-order valence-electron chi connectivity index (χ4n) is 1.91. The van der Waals surface area contributed by atoms with Gasteiger partial charge in [0.05, 0.1) is 18.4 Å². The number of carbonyl (C=O) groups excluding carboxylic acids is 1. The van der Waals surface area contributed by atoms with Crippen LogP contribution in [-0.4, -0.2) is 28.5 Å². The Morgan fingerprint density at radius 1 is 1.48 bits per heavy atom. The lowest BCUT2D eigenvalue weighted by Crippen LogP contribution is -2.27. The SMILES string of the molecule is Cc1ccc(C#CCN)c(C(=O)NCCn2ccnc2)c1. The maximum absolute atomic E-state index is 12.3. The third-order valence-corrected chi connectivity index (χ3v) is 2.96. The van der Waals surface area contributed by atoms with E-state index in [0.29, 0.717) is 24.2 Å². The number of amides is 1. The van der Waals surface area contributed by atoms with E-state index in [1.807, 2.05) is 35.9 Å². The number of hydrogen-bond donors (Lipinski definition) is 2. The van der Waals surface area contributed by atoms with E-state index >= 15 is 0 Å². The molecule has 0 spiro atoms. The molecule has 0 bridgehead atoms. The monoisotopic (exact) mass is 282 g/mol. The number of aryl methyl sites for hydroxylation is 1. The van der Waals surface area contributed by atoms with Crippen molar-refractivity contribution in [1.82, 2.24) is 14.9 Å². The van der Waals surface area contributed by atoms with Gasteiger partial charge in [-0.1, -0.05) is 23.5 Å². The van der Waals surface area contributed by atoms with Crippen LogP contribution in [0.2, 0.25) is 0 Å². The second-order valence-electron chi connectivity index (χ2n) is 4.61. The van der Waals surface area contributed by atoms with Gasteiger partial charge in [0.25, 0.3) is 5.91 Å². The van der Waals surface area contributed by atoms with Crippen LogP contribution in [-0.2, 0) is 6.54 Å². The van der Waals surface area contributed by atoms with E-state index in [9.17, 15) is 4.79 Å². The van der Waals surface area contributed by atoms with Gasteiger partial charge in [-0.3, -0.25) is 4.79 Å². The molecule has 0 fully saturated rings. The first-order chi connectivity index (χ1) is 10.2. The highest BCUT2D eigenvalue weighted by atomic mass is 16.1. The zero-order valence-corrected chi connectivity index (χ0v) is 12.0. The summed E-state index contributed by atoms with van der Waals surface area (Å²) in [6.07, 6.45) is 5.29. The van der Waals surface area contributed by atoms with E-state index in [0.717, 1.165) is 5.56 Å². The topological polar surface area (TPSA) is 72.9 Å². The summed E-state index contributed by atoms with van der Waals surface area (Å²) < 4.78 is 1.91. The Morgan fingerprint density at radius 2 is 2.33 bits per heavy atom. The normalized spacial score (nSPS) is 9.81. The van der Waals surface area contributed by atoms with Crippen LogP contribution in [0.4, 0.5) is 0 Å². The zero-order chi connectivity index (χ0) is 15.1. The highest BCUT2D eigenvalue weighted by Crippen LogP contribution is 2.10. The van der Waals surface area contributed by atoms with Crippen LogP contribution in [0.25, 0.3) is 0 Å². The standard InChI is InChI=1S/C16H18N4O/c1-13-4-5-14(3-2-6-17)15(11-13)16(21)19-8-10-20-9-7-18-12-20/h4-5,7,9,11-12H,6,8,10,17H2,1H3,(H,19,21). The number of imidazole rings is 1. The number of aromatic nitrogens is 2. The molecule has 0 atom stereocenters. The fourth-order valence-corrected chi connectivity index (χ4v) is 1.91. The number of hydrogen-bond acceptors (Lipinski definition) is 3. The minimum Gasteiger partial charge on any atom is -0.350 e. The molecule has 3 N–H and O–H groups in total. The maximum Gasteiger partial charge on any atom is 0.252 e. The van der Waals surface area contributed by atoms with Crippen LogP contribution in [0.15, 0.2) is 36.9 Å². The highest BCUT2D eigenvalue weighted by molar-refractivity contribution is 5.96. The highest BCUT2D eigenvalue weighted by Gasteiger charge is 2.10. The molecular formula is C16H18N4O. The van der Waals surface area contributed by atoms with Crippen LogP contribution in [0, 0.1) is 18.8 Å². The molecule has 0 saturated heterocycles. The summed E-state index contributed by atoms with van der Waals surface area (Å²) >= 11 is 0. The van der Waals surface area contributed by atoms with Crippen molar-refractivity contribution in [1.29, 1.82) is 0 Å². The van der Waals surface area contributed by atoms with Crippen molar-refractivity contribution in [3.8, 4) is 11.8 Å². The van der Waals surface area contributed by atoms with Gasteiger partial charge >= 0.3 is 0 Å². The minimum absolute atomic E-state index is 0.125. The first-order valence-corrected chi connectivity index (χ1v) is 6.74. The van der Waals surface area contributed by atoms with Gasteiger partial charge in [-0.05, 0) is 19.1 Å². The average Bonchev–Trinajstić information content (AvgIpc) is 2.99. The number of benzene rings is 1. The van der Waals surface area contributed by atoms with Gasteiger partial charge in [0.2, 0.25) is 0 Å². The number of carbonyl (C=O) groups is 1. The Hall–Kier alpha value is -2.58. The third-order valence-electron chi connectivity index (χ3n) is 2.96. The second-order valence-corrected chi connectivity index (χ2v) is 4.61. The summed E-state index contributed by atoms with van der Waals surface area (Å²) in [5.74, 6) is 5.59. The Bertz CT molecular complexity index is 665. The molecule has 1 heterocycles. The Kier molecular flexibility index (Phi) is 5.13. The number of nitrogens with one attached hydrogen (secondary N) is 1. The van der Waals surface area contributed by atoms with Crippen molar-refractivity contribution >= 4 is 5.91 Å². The first kappa shape index (κ1) is 14.8. The number of rotatable bonds is 4. The lowest BCUT2D eigenvalue weighted by molar-refractivity contribution is 0.0952. The summed E-state index contributed by atoms with van der Waals surface area (Å²) in [6, 6.07) is 5.62. The summed E-state index contributed by atoms with van der Waals surface area (Å²) in [4.78, 5) is 16.2. The molecule has 0 unspecified atom stereocenters. The van der Waals surface area contributed by atoms with Gasteiger partial charge < -0.3 is 15.6 Å². The molecule has 1 aromatic heterocycles. The molecule has 0 aliphatic rings. The molecule has 2 aromatic rings. The number of nitrogens with zero attached hydrogens (tertiary/aromatic N) is 2.